The van der Waals surface area contributed by atoms with Crippen LogP contribution in [0, 0.1) is 0 Å². The number of rotatable bonds is 1. The van der Waals surface area contributed by atoms with Gasteiger partial charge in [0.2, 0.25) is 0 Å². The Balaban J connectivity index is 3.56. The molecule has 42 valence electrons. The van der Waals surface area contributed by atoms with E-state index in [1.54, 1.807) is 0 Å². The lowest BCUT2D eigenvalue weighted by atomic mass is 10.3. The number of aliphatic hydroxyl groups excluding tert-OH is 1. The van der Waals surface area contributed by atoms with Crippen molar-refractivity contribution in [1.29, 1.82) is 0 Å². The molecule has 0 aliphatic heterocycles. The summed E-state index contributed by atoms with van der Waals surface area (Å²) in [6, 6.07) is 0. The molecule has 0 aromatic rings. The molecule has 0 aliphatic carbocycles. The third-order valence-corrected chi connectivity index (χ3v) is 0.738. The number of aliphatic hydroxyl groups is 1. The molecule has 1 unspecified atom stereocenters. The number of hydrogen-bond acceptors (Lipinski definition) is 2. The van der Waals surface area contributed by atoms with Crippen molar-refractivity contribution in [3.63, 3.8) is 0 Å². The Morgan fingerprint density at radius 1 is 1.86 bits per heavy atom. The molecular formula is C4H8FNO. The minimum Gasteiger partial charge on any atom is -0.387 e. The fourth-order valence-corrected chi connectivity index (χ4v) is 0.0706. The van der Waals surface area contributed by atoms with E-state index in [-0.39, 0.29) is 5.71 Å². The van der Waals surface area contributed by atoms with Crippen LogP contribution in [0.25, 0.3) is 0 Å². The largest absolute Gasteiger partial charge is 0.387 e. The molecule has 2 nitrogen and oxygen atoms in total. The minimum atomic E-state index is -0.759. The monoisotopic (exact) mass is 105 g/mol. The standard InChI is InChI=1S/C4H8FNO/c1-3(6-5)4(2)7/h4,7H,1-2H3/b6-3-. The van der Waals surface area contributed by atoms with E-state index >= 15 is 0 Å². The Labute approximate surface area is 41.6 Å². The first kappa shape index (κ1) is 6.56. The van der Waals surface area contributed by atoms with Crippen molar-refractivity contribution in [1.82, 2.24) is 0 Å². The zero-order chi connectivity index (χ0) is 5.86. The predicted molar refractivity (Wildman–Crippen MR) is 25.9 cm³/mol. The second-order valence-corrected chi connectivity index (χ2v) is 1.40. The maximum Gasteiger partial charge on any atom is 0.0916 e. The first-order valence-corrected chi connectivity index (χ1v) is 2.02. The lowest BCUT2D eigenvalue weighted by Crippen LogP contribution is -2.10. The second-order valence-electron chi connectivity index (χ2n) is 1.40. The minimum absolute atomic E-state index is 0.111. The van der Waals surface area contributed by atoms with Gasteiger partial charge in [0.15, 0.2) is 0 Å². The van der Waals surface area contributed by atoms with Crippen LogP contribution in [-0.4, -0.2) is 16.9 Å². The van der Waals surface area contributed by atoms with Crippen molar-refractivity contribution in [3.05, 3.63) is 0 Å². The molecule has 1 atom stereocenters. The van der Waals surface area contributed by atoms with Crippen molar-refractivity contribution in [3.8, 4) is 0 Å². The third kappa shape index (κ3) is 2.28. The van der Waals surface area contributed by atoms with Gasteiger partial charge < -0.3 is 5.11 Å². The van der Waals surface area contributed by atoms with E-state index < -0.39 is 6.10 Å². The molecule has 0 aromatic carbocycles. The predicted octanol–water partition coefficient (Wildman–Crippen LogP) is 0.713. The van der Waals surface area contributed by atoms with E-state index in [0.29, 0.717) is 0 Å². The van der Waals surface area contributed by atoms with Crippen LogP contribution in [0.15, 0.2) is 5.21 Å². The van der Waals surface area contributed by atoms with Crippen molar-refractivity contribution in [2.24, 2.45) is 5.21 Å². The van der Waals surface area contributed by atoms with Crippen LogP contribution in [-0.2, 0) is 0 Å². The quantitative estimate of drug-likeness (QED) is 0.489. The van der Waals surface area contributed by atoms with Crippen molar-refractivity contribution in [2.45, 2.75) is 20.0 Å². The van der Waals surface area contributed by atoms with Gasteiger partial charge in [-0.25, -0.2) is 0 Å². The van der Waals surface area contributed by atoms with Gasteiger partial charge in [-0.15, -0.1) is 0 Å². The highest BCUT2D eigenvalue weighted by molar-refractivity contribution is 5.85. The number of nitrogens with zero attached hydrogens (tertiary/aromatic N) is 1. The van der Waals surface area contributed by atoms with E-state index in [1.165, 1.54) is 13.8 Å². The van der Waals surface area contributed by atoms with Crippen LogP contribution < -0.4 is 0 Å². The summed E-state index contributed by atoms with van der Waals surface area (Å²) in [7, 11) is 0. The smallest absolute Gasteiger partial charge is 0.0916 e. The molecule has 0 rings (SSSR count). The maximum atomic E-state index is 11.1. The fraction of sp³-hybridized carbons (Fsp3) is 0.750. The Morgan fingerprint density at radius 2 is 2.29 bits per heavy atom. The van der Waals surface area contributed by atoms with Gasteiger partial charge >= 0.3 is 0 Å². The summed E-state index contributed by atoms with van der Waals surface area (Å²) in [5.41, 5.74) is 0.111. The lowest BCUT2D eigenvalue weighted by Gasteiger charge is -1.95. The van der Waals surface area contributed by atoms with Crippen molar-refractivity contribution in [2.75, 3.05) is 0 Å². The fourth-order valence-electron chi connectivity index (χ4n) is 0.0706. The highest BCUT2D eigenvalue weighted by Crippen LogP contribution is 1.85. The molecule has 0 aromatic heterocycles. The Morgan fingerprint density at radius 3 is 2.29 bits per heavy atom. The van der Waals surface area contributed by atoms with E-state index in [2.05, 4.69) is 5.21 Å². The Kier molecular flexibility index (Phi) is 2.52. The average molecular weight is 105 g/mol. The molecule has 0 heterocycles. The third-order valence-electron chi connectivity index (χ3n) is 0.738. The van der Waals surface area contributed by atoms with E-state index in [0.717, 1.165) is 0 Å². The number of halogens is 1. The summed E-state index contributed by atoms with van der Waals surface area (Å²) in [6.45, 7) is 2.88. The van der Waals surface area contributed by atoms with E-state index in [4.69, 9.17) is 5.11 Å². The van der Waals surface area contributed by atoms with Gasteiger partial charge in [-0.1, -0.05) is 9.70 Å². The summed E-state index contributed by atoms with van der Waals surface area (Å²) < 4.78 is 11.1. The van der Waals surface area contributed by atoms with Gasteiger partial charge in [-0.05, 0) is 13.8 Å². The van der Waals surface area contributed by atoms with Gasteiger partial charge in [0.25, 0.3) is 0 Å². The molecule has 0 saturated carbocycles. The molecule has 0 spiro atoms. The Bertz CT molecular complexity index is 79.8. The zero-order valence-electron chi connectivity index (χ0n) is 4.35. The topological polar surface area (TPSA) is 32.6 Å². The lowest BCUT2D eigenvalue weighted by molar-refractivity contribution is 0.258. The SMILES string of the molecule is C/C(=N/F)C(C)O. The first-order valence-electron chi connectivity index (χ1n) is 2.02. The van der Waals surface area contributed by atoms with Crippen LogP contribution in [0.2, 0.25) is 0 Å². The zero-order valence-corrected chi connectivity index (χ0v) is 4.35. The summed E-state index contributed by atoms with van der Waals surface area (Å²) >= 11 is 0. The van der Waals surface area contributed by atoms with Crippen LogP contribution in [0.3, 0.4) is 0 Å². The molecule has 0 radical (unpaired) electrons. The molecule has 1 N–H and O–H groups in total. The molecule has 0 fully saturated rings. The van der Waals surface area contributed by atoms with Crippen LogP contribution in [0.5, 0.6) is 0 Å². The molecule has 0 saturated heterocycles. The highest BCUT2D eigenvalue weighted by atomic mass is 19.2. The molecule has 0 aliphatic rings. The molecule has 7 heavy (non-hydrogen) atoms. The molecule has 3 heteroatoms. The highest BCUT2D eigenvalue weighted by Gasteiger charge is 1.96. The van der Waals surface area contributed by atoms with Gasteiger partial charge in [-0.2, -0.15) is 0 Å². The second kappa shape index (κ2) is 2.69. The van der Waals surface area contributed by atoms with E-state index in [9.17, 15) is 4.48 Å². The summed E-state index contributed by atoms with van der Waals surface area (Å²) in [5.74, 6) is 0. The summed E-state index contributed by atoms with van der Waals surface area (Å²) in [6.07, 6.45) is -0.759. The average Bonchev–Trinajstić information content (AvgIpc) is 1.65. The van der Waals surface area contributed by atoms with Crippen LogP contribution in [0.4, 0.5) is 4.48 Å². The first-order chi connectivity index (χ1) is 3.18. The van der Waals surface area contributed by atoms with Gasteiger partial charge in [-0.3, -0.25) is 0 Å². The van der Waals surface area contributed by atoms with Crippen molar-refractivity contribution < 1.29 is 9.59 Å². The van der Waals surface area contributed by atoms with Gasteiger partial charge in [0.05, 0.1) is 11.8 Å². The maximum absolute atomic E-state index is 11.1. The normalized spacial score (nSPS) is 16.9. The van der Waals surface area contributed by atoms with Gasteiger partial charge in [0.1, 0.15) is 0 Å². The Hall–Kier alpha value is -0.440. The van der Waals surface area contributed by atoms with Crippen molar-refractivity contribution >= 4 is 5.71 Å². The van der Waals surface area contributed by atoms with Crippen LogP contribution >= 0.6 is 0 Å². The van der Waals surface area contributed by atoms with Gasteiger partial charge in [0, 0.05) is 0 Å². The molecule has 0 amide bonds. The van der Waals surface area contributed by atoms with E-state index in [1.807, 2.05) is 0 Å². The molecule has 0 bridgehead atoms. The molecular weight excluding hydrogens is 97.0 g/mol. The summed E-state index contributed by atoms with van der Waals surface area (Å²) in [5, 5.41) is 10.7. The van der Waals surface area contributed by atoms with Crippen LogP contribution in [0.1, 0.15) is 13.8 Å². The number of hydrogen-bond donors (Lipinski definition) is 1. The summed E-state index contributed by atoms with van der Waals surface area (Å²) in [4.78, 5) is 0.